The number of hydrogen-bond donors (Lipinski definition) is 3. The van der Waals surface area contributed by atoms with Crippen LogP contribution in [0.25, 0.3) is 20.8 Å². The first-order valence-electron chi connectivity index (χ1n) is 14.8. The number of likely N-dealkylation sites (N-methyl/N-ethyl adjacent to an activating group) is 1. The number of anilines is 1. The second kappa shape index (κ2) is 13.2. The summed E-state index contributed by atoms with van der Waals surface area (Å²) in [6, 6.07) is 11.9. The molecule has 2 aliphatic rings. The zero-order chi connectivity index (χ0) is 30.6. The smallest absolute Gasteiger partial charge is 0.319 e. The number of ether oxygens (including phenoxy) is 1. The molecule has 0 unspecified atom stereocenters. The number of carbonyl (C=O) groups is 2. The Hall–Kier alpha value is -4.13. The SMILES string of the molecule is CN(CCO)C(=O)[C@H]1CCCN(Cc2ccc(-c3cc4nccc(Oc5ccc(NC(=O)NC6CC6)cc5F)c4s3)nc2)C1. The Morgan fingerprint density at radius 2 is 2.00 bits per heavy atom. The number of benzene rings is 1. The highest BCUT2D eigenvalue weighted by atomic mass is 32.1. The number of halogens is 1. The quantitative estimate of drug-likeness (QED) is 0.223. The summed E-state index contributed by atoms with van der Waals surface area (Å²) in [7, 11) is 1.74. The molecule has 6 rings (SSSR count). The molecule has 1 saturated carbocycles. The van der Waals surface area contributed by atoms with Crippen molar-refractivity contribution in [3.8, 4) is 22.1 Å². The number of piperidine rings is 1. The number of urea groups is 1. The third kappa shape index (κ3) is 7.15. The van der Waals surface area contributed by atoms with Crippen molar-refractivity contribution < 1.29 is 23.8 Å². The molecule has 12 heteroatoms. The number of rotatable bonds is 10. The summed E-state index contributed by atoms with van der Waals surface area (Å²) in [5.41, 5.74) is 2.93. The number of thiophene rings is 1. The molecule has 1 aliphatic heterocycles. The van der Waals surface area contributed by atoms with Crippen molar-refractivity contribution in [3.63, 3.8) is 0 Å². The zero-order valence-corrected chi connectivity index (χ0v) is 25.3. The monoisotopic (exact) mass is 618 g/mol. The molecule has 1 aliphatic carbocycles. The molecular formula is C32H35FN6O4S. The van der Waals surface area contributed by atoms with E-state index in [1.54, 1.807) is 30.3 Å². The Balaban J connectivity index is 1.11. The number of amides is 3. The summed E-state index contributed by atoms with van der Waals surface area (Å²) < 4.78 is 21.7. The van der Waals surface area contributed by atoms with E-state index >= 15 is 0 Å². The second-order valence-corrected chi connectivity index (χ2v) is 12.4. The maximum absolute atomic E-state index is 14.9. The van der Waals surface area contributed by atoms with Crippen LogP contribution in [-0.4, -0.2) is 76.1 Å². The van der Waals surface area contributed by atoms with Crippen molar-refractivity contribution in [2.75, 3.05) is 38.6 Å². The highest BCUT2D eigenvalue weighted by Gasteiger charge is 2.28. The van der Waals surface area contributed by atoms with E-state index in [-0.39, 0.29) is 36.3 Å². The minimum Gasteiger partial charge on any atom is -0.453 e. The average molecular weight is 619 g/mol. The van der Waals surface area contributed by atoms with Crippen LogP contribution in [0.4, 0.5) is 14.9 Å². The van der Waals surface area contributed by atoms with Crippen LogP contribution in [0.15, 0.2) is 54.9 Å². The molecule has 230 valence electrons. The molecule has 0 spiro atoms. The number of likely N-dealkylation sites (tertiary alicyclic amines) is 1. The standard InChI is InChI=1S/C32H35FN6O4S/c1-38(13-14-40)31(41)21-3-2-12-39(19-21)18-20-4-8-25(35-17-20)29-16-26-30(44-29)28(10-11-34-26)43-27-9-7-23(15-24(27)33)37-32(42)36-22-5-6-22/h4,7-11,15-17,21-22,40H,2-3,5-6,12-14,18-19H2,1H3,(H2,36,37,42)/t21-/m0/s1. The largest absolute Gasteiger partial charge is 0.453 e. The minimum absolute atomic E-state index is 0.0340. The molecule has 3 N–H and O–H groups in total. The first kappa shape index (κ1) is 29.9. The molecular weight excluding hydrogens is 583 g/mol. The third-order valence-electron chi connectivity index (χ3n) is 7.85. The van der Waals surface area contributed by atoms with Crippen molar-refractivity contribution in [2.45, 2.75) is 38.3 Å². The first-order chi connectivity index (χ1) is 21.4. The number of aliphatic hydroxyl groups excluding tert-OH is 1. The normalized spacial score (nSPS) is 16.9. The number of pyridine rings is 2. The van der Waals surface area contributed by atoms with Crippen molar-refractivity contribution in [3.05, 3.63) is 66.2 Å². The maximum atomic E-state index is 14.9. The molecule has 0 bridgehead atoms. The fourth-order valence-corrected chi connectivity index (χ4v) is 6.42. The summed E-state index contributed by atoms with van der Waals surface area (Å²) in [4.78, 5) is 38.7. The lowest BCUT2D eigenvalue weighted by Crippen LogP contribution is -2.44. The minimum atomic E-state index is -0.588. The van der Waals surface area contributed by atoms with Gasteiger partial charge in [0.15, 0.2) is 11.6 Å². The number of nitrogens with one attached hydrogen (secondary N) is 2. The van der Waals surface area contributed by atoms with Gasteiger partial charge in [0.1, 0.15) is 5.75 Å². The molecule has 4 heterocycles. The van der Waals surface area contributed by atoms with Crippen LogP contribution in [0.3, 0.4) is 0 Å². The zero-order valence-electron chi connectivity index (χ0n) is 24.5. The van der Waals surface area contributed by atoms with Gasteiger partial charge in [-0.15, -0.1) is 11.3 Å². The number of hydrogen-bond acceptors (Lipinski definition) is 8. The molecule has 2 fully saturated rings. The van der Waals surface area contributed by atoms with Gasteiger partial charge in [0.2, 0.25) is 5.91 Å². The molecule has 1 atom stereocenters. The summed E-state index contributed by atoms with van der Waals surface area (Å²) in [5, 5.41) is 14.6. The van der Waals surface area contributed by atoms with Crippen LogP contribution in [0.5, 0.6) is 11.5 Å². The van der Waals surface area contributed by atoms with Crippen LogP contribution < -0.4 is 15.4 Å². The van der Waals surface area contributed by atoms with Gasteiger partial charge in [-0.25, -0.2) is 9.18 Å². The molecule has 44 heavy (non-hydrogen) atoms. The van der Waals surface area contributed by atoms with Crippen molar-refractivity contribution in [2.24, 2.45) is 5.92 Å². The fraction of sp³-hybridized carbons (Fsp3) is 0.375. The second-order valence-electron chi connectivity index (χ2n) is 11.4. The van der Waals surface area contributed by atoms with E-state index in [0.717, 1.165) is 58.6 Å². The summed E-state index contributed by atoms with van der Waals surface area (Å²) in [5.74, 6) is -0.0345. The Labute approximate surface area is 258 Å². The van der Waals surface area contributed by atoms with Gasteiger partial charge >= 0.3 is 6.03 Å². The van der Waals surface area contributed by atoms with Crippen LogP contribution in [-0.2, 0) is 11.3 Å². The van der Waals surface area contributed by atoms with Crippen molar-refractivity contribution in [1.29, 1.82) is 0 Å². The highest BCUT2D eigenvalue weighted by Crippen LogP contribution is 2.39. The topological polar surface area (TPSA) is 120 Å². The lowest BCUT2D eigenvalue weighted by atomic mass is 9.96. The lowest BCUT2D eigenvalue weighted by Gasteiger charge is -2.33. The lowest BCUT2D eigenvalue weighted by molar-refractivity contribution is -0.136. The van der Waals surface area contributed by atoms with Crippen LogP contribution in [0.1, 0.15) is 31.2 Å². The molecule has 1 aromatic carbocycles. The van der Waals surface area contributed by atoms with E-state index in [4.69, 9.17) is 14.8 Å². The van der Waals surface area contributed by atoms with E-state index < -0.39 is 5.82 Å². The Morgan fingerprint density at radius 3 is 2.75 bits per heavy atom. The number of carbonyl (C=O) groups excluding carboxylic acids is 2. The van der Waals surface area contributed by atoms with Gasteiger partial charge < -0.3 is 25.4 Å². The maximum Gasteiger partial charge on any atom is 0.319 e. The van der Waals surface area contributed by atoms with E-state index in [2.05, 4.69) is 26.6 Å². The predicted molar refractivity (Wildman–Crippen MR) is 167 cm³/mol. The Morgan fingerprint density at radius 1 is 1.14 bits per heavy atom. The molecule has 1 saturated heterocycles. The highest BCUT2D eigenvalue weighted by molar-refractivity contribution is 7.22. The van der Waals surface area contributed by atoms with Crippen LogP contribution >= 0.6 is 11.3 Å². The van der Waals surface area contributed by atoms with Gasteiger partial charge in [0.05, 0.1) is 33.3 Å². The number of aromatic nitrogens is 2. The number of nitrogens with zero attached hydrogens (tertiary/aromatic N) is 4. The average Bonchev–Trinajstić information content (AvgIpc) is 3.72. The molecule has 10 nitrogen and oxygen atoms in total. The first-order valence-corrected chi connectivity index (χ1v) is 15.6. The fourth-order valence-electron chi connectivity index (χ4n) is 5.38. The van der Waals surface area contributed by atoms with Gasteiger partial charge in [0.25, 0.3) is 0 Å². The van der Waals surface area contributed by atoms with Crippen LogP contribution in [0.2, 0.25) is 0 Å². The van der Waals surface area contributed by atoms with Gasteiger partial charge in [-0.3, -0.25) is 19.7 Å². The molecule has 3 aromatic heterocycles. The van der Waals surface area contributed by atoms with E-state index in [1.165, 1.54) is 23.5 Å². The van der Waals surface area contributed by atoms with E-state index in [1.807, 2.05) is 18.3 Å². The van der Waals surface area contributed by atoms with Crippen LogP contribution in [0, 0.1) is 11.7 Å². The van der Waals surface area contributed by atoms with Gasteiger partial charge in [0, 0.05) is 62.9 Å². The molecule has 4 aromatic rings. The number of fused-ring (bicyclic) bond motifs is 1. The van der Waals surface area contributed by atoms with Gasteiger partial charge in [-0.2, -0.15) is 0 Å². The van der Waals surface area contributed by atoms with Crippen molar-refractivity contribution in [1.82, 2.24) is 25.1 Å². The molecule has 0 radical (unpaired) electrons. The Bertz CT molecular complexity index is 1640. The number of aliphatic hydroxyl groups is 1. The van der Waals surface area contributed by atoms with Gasteiger partial charge in [-0.1, -0.05) is 6.07 Å². The summed E-state index contributed by atoms with van der Waals surface area (Å²) in [6.45, 7) is 2.64. The molecule has 3 amide bonds. The predicted octanol–water partition coefficient (Wildman–Crippen LogP) is 5.24. The Kier molecular flexibility index (Phi) is 9.01. The summed E-state index contributed by atoms with van der Waals surface area (Å²) >= 11 is 1.47. The third-order valence-corrected chi connectivity index (χ3v) is 9.01. The van der Waals surface area contributed by atoms with E-state index in [9.17, 15) is 14.0 Å². The summed E-state index contributed by atoms with van der Waals surface area (Å²) in [6.07, 6.45) is 7.24. The van der Waals surface area contributed by atoms with E-state index in [0.29, 0.717) is 31.1 Å². The van der Waals surface area contributed by atoms with Crippen molar-refractivity contribution >= 4 is 39.2 Å². The van der Waals surface area contributed by atoms with Gasteiger partial charge in [-0.05, 0) is 62.1 Å².